The second kappa shape index (κ2) is 13.4. The van der Waals surface area contributed by atoms with E-state index >= 15 is 0 Å². The van der Waals surface area contributed by atoms with Crippen LogP contribution in [0.3, 0.4) is 0 Å². The standard InChI is InChI=1S/C57H35NO/c1-3-13-36(14-4-1)40-18-11-19-41(33-40)42-27-25-37-17-12-24-50(51(37)35-42)55-48-22-9-7-20-46(48)53(47-21-8-10-23-49(47)55)44-29-31-45-43(34-44)28-26-38-30-32-52-56(54(38)45)59-57(58-52)39-15-5-2-6-16-39/h1-35H. The third-order valence-corrected chi connectivity index (χ3v) is 12.0. The number of oxazole rings is 1. The van der Waals surface area contributed by atoms with Crippen LogP contribution in [0.25, 0.3) is 121 Å². The molecular formula is C57H35NO. The fraction of sp³-hybridized carbons (Fsp3) is 0. The first-order valence-electron chi connectivity index (χ1n) is 20.2. The SMILES string of the molecule is c1ccc(-c2cccc(-c3ccc4cccc(-c5c6ccccc6c(-c6ccc7c(ccc8ccc9nc(-c%10ccccc%10)oc9c87)c6)c6ccccc56)c4c3)c2)cc1. The highest BCUT2D eigenvalue weighted by Gasteiger charge is 2.20. The van der Waals surface area contributed by atoms with Gasteiger partial charge in [0.15, 0.2) is 5.58 Å². The minimum atomic E-state index is 0.638. The molecule has 12 aromatic rings. The number of hydrogen-bond acceptors (Lipinski definition) is 2. The van der Waals surface area contributed by atoms with Crippen LogP contribution in [0.15, 0.2) is 217 Å². The number of benzene rings is 11. The van der Waals surface area contributed by atoms with Gasteiger partial charge in [-0.1, -0.05) is 176 Å². The molecule has 0 atom stereocenters. The summed E-state index contributed by atoms with van der Waals surface area (Å²) < 4.78 is 6.54. The molecule has 0 saturated carbocycles. The van der Waals surface area contributed by atoms with E-state index < -0.39 is 0 Å². The zero-order valence-corrected chi connectivity index (χ0v) is 32.1. The number of hydrogen-bond donors (Lipinski definition) is 0. The number of rotatable bonds is 5. The average Bonchev–Trinajstić information content (AvgIpc) is 3.76. The minimum absolute atomic E-state index is 0.638. The highest BCUT2D eigenvalue weighted by atomic mass is 16.3. The molecule has 0 fully saturated rings. The van der Waals surface area contributed by atoms with Crippen molar-refractivity contribution < 1.29 is 4.42 Å². The van der Waals surface area contributed by atoms with Gasteiger partial charge in [0.25, 0.3) is 0 Å². The van der Waals surface area contributed by atoms with E-state index in [-0.39, 0.29) is 0 Å². The molecule has 1 heterocycles. The van der Waals surface area contributed by atoms with Gasteiger partial charge in [0.05, 0.1) is 0 Å². The highest BCUT2D eigenvalue weighted by Crippen LogP contribution is 2.47. The summed E-state index contributed by atoms with van der Waals surface area (Å²) in [5, 5.41) is 11.9. The van der Waals surface area contributed by atoms with Gasteiger partial charge in [-0.05, 0) is 129 Å². The Labute approximate surface area is 341 Å². The number of aromatic nitrogens is 1. The molecule has 1 aromatic heterocycles. The van der Waals surface area contributed by atoms with Gasteiger partial charge in [0.1, 0.15) is 5.52 Å². The second-order valence-corrected chi connectivity index (χ2v) is 15.4. The van der Waals surface area contributed by atoms with Gasteiger partial charge in [0.2, 0.25) is 5.89 Å². The van der Waals surface area contributed by atoms with Crippen LogP contribution in [0.1, 0.15) is 0 Å². The predicted molar refractivity (Wildman–Crippen MR) is 249 cm³/mol. The molecule has 2 heteroatoms. The van der Waals surface area contributed by atoms with Crippen molar-refractivity contribution >= 4 is 65.0 Å². The Morgan fingerprint density at radius 2 is 0.864 bits per heavy atom. The number of nitrogens with zero attached hydrogens (tertiary/aromatic N) is 1. The van der Waals surface area contributed by atoms with E-state index in [4.69, 9.17) is 9.40 Å². The van der Waals surface area contributed by atoms with Crippen LogP contribution in [-0.4, -0.2) is 4.98 Å². The Morgan fingerprint density at radius 1 is 0.305 bits per heavy atom. The molecule has 0 radical (unpaired) electrons. The molecule has 0 aliphatic rings. The van der Waals surface area contributed by atoms with Crippen molar-refractivity contribution in [2.45, 2.75) is 0 Å². The molecule has 0 bridgehead atoms. The van der Waals surface area contributed by atoms with E-state index in [0.717, 1.165) is 38.2 Å². The lowest BCUT2D eigenvalue weighted by Gasteiger charge is -2.19. The summed E-state index contributed by atoms with van der Waals surface area (Å²) in [5.74, 6) is 0.638. The van der Waals surface area contributed by atoms with Gasteiger partial charge < -0.3 is 4.42 Å². The number of fused-ring (bicyclic) bond motifs is 8. The van der Waals surface area contributed by atoms with Crippen molar-refractivity contribution in [3.8, 4) is 56.0 Å². The lowest BCUT2D eigenvalue weighted by molar-refractivity contribution is 0.623. The zero-order valence-electron chi connectivity index (χ0n) is 32.1. The molecule has 59 heavy (non-hydrogen) atoms. The fourth-order valence-electron chi connectivity index (χ4n) is 9.30. The lowest BCUT2D eigenvalue weighted by Crippen LogP contribution is -1.92. The lowest BCUT2D eigenvalue weighted by atomic mass is 9.84. The van der Waals surface area contributed by atoms with Gasteiger partial charge >= 0.3 is 0 Å². The summed E-state index contributed by atoms with van der Waals surface area (Å²) >= 11 is 0. The van der Waals surface area contributed by atoms with Crippen LogP contribution in [0, 0.1) is 0 Å². The van der Waals surface area contributed by atoms with Gasteiger partial charge in [-0.25, -0.2) is 4.98 Å². The largest absolute Gasteiger partial charge is 0.435 e. The summed E-state index contributed by atoms with van der Waals surface area (Å²) in [6, 6.07) is 76.7. The van der Waals surface area contributed by atoms with Gasteiger partial charge in [0, 0.05) is 10.9 Å². The van der Waals surface area contributed by atoms with Crippen LogP contribution < -0.4 is 0 Å². The van der Waals surface area contributed by atoms with Crippen molar-refractivity contribution in [2.24, 2.45) is 0 Å². The molecule has 0 aliphatic carbocycles. The summed E-state index contributed by atoms with van der Waals surface area (Å²) in [5.41, 5.74) is 12.4. The van der Waals surface area contributed by atoms with Gasteiger partial charge in [-0.2, -0.15) is 0 Å². The first-order valence-corrected chi connectivity index (χ1v) is 20.2. The van der Waals surface area contributed by atoms with E-state index in [9.17, 15) is 0 Å². The van der Waals surface area contributed by atoms with Gasteiger partial charge in [-0.3, -0.25) is 0 Å². The molecule has 12 rings (SSSR count). The molecule has 2 nitrogen and oxygen atoms in total. The van der Waals surface area contributed by atoms with E-state index in [1.165, 1.54) is 76.8 Å². The Bertz CT molecular complexity index is 3540. The molecule has 0 spiro atoms. The fourth-order valence-corrected chi connectivity index (χ4v) is 9.30. The normalized spacial score (nSPS) is 11.7. The van der Waals surface area contributed by atoms with E-state index in [1.54, 1.807) is 0 Å². The van der Waals surface area contributed by atoms with Crippen molar-refractivity contribution in [1.82, 2.24) is 4.98 Å². The highest BCUT2D eigenvalue weighted by molar-refractivity contribution is 6.25. The smallest absolute Gasteiger partial charge is 0.227 e. The zero-order chi connectivity index (χ0) is 38.9. The minimum Gasteiger partial charge on any atom is -0.435 e. The Morgan fingerprint density at radius 3 is 1.61 bits per heavy atom. The van der Waals surface area contributed by atoms with Crippen LogP contribution in [0.5, 0.6) is 0 Å². The first kappa shape index (κ1) is 33.3. The molecule has 0 saturated heterocycles. The van der Waals surface area contributed by atoms with E-state index in [1.807, 2.05) is 30.3 Å². The van der Waals surface area contributed by atoms with Crippen molar-refractivity contribution in [3.05, 3.63) is 212 Å². The maximum atomic E-state index is 6.54. The van der Waals surface area contributed by atoms with Crippen LogP contribution >= 0.6 is 0 Å². The molecule has 0 unspecified atom stereocenters. The maximum absolute atomic E-state index is 6.54. The average molecular weight is 750 g/mol. The van der Waals surface area contributed by atoms with Crippen LogP contribution in [0.4, 0.5) is 0 Å². The molecule has 0 aliphatic heterocycles. The van der Waals surface area contributed by atoms with Crippen molar-refractivity contribution in [1.29, 1.82) is 0 Å². The molecular weight excluding hydrogens is 715 g/mol. The second-order valence-electron chi connectivity index (χ2n) is 15.4. The summed E-state index contributed by atoms with van der Waals surface area (Å²) in [6.07, 6.45) is 0. The third kappa shape index (κ3) is 5.45. The van der Waals surface area contributed by atoms with Crippen molar-refractivity contribution in [2.75, 3.05) is 0 Å². The topological polar surface area (TPSA) is 26.0 Å². The first-order chi connectivity index (χ1) is 29.2. The van der Waals surface area contributed by atoms with E-state index in [2.05, 4.69) is 182 Å². The predicted octanol–water partition coefficient (Wildman–Crippen LogP) is 15.9. The summed E-state index contributed by atoms with van der Waals surface area (Å²) in [4.78, 5) is 4.89. The molecule has 0 amide bonds. The van der Waals surface area contributed by atoms with E-state index in [0.29, 0.717) is 5.89 Å². The summed E-state index contributed by atoms with van der Waals surface area (Å²) in [6.45, 7) is 0. The molecule has 274 valence electrons. The molecule has 11 aromatic carbocycles. The Hall–Kier alpha value is -7.81. The van der Waals surface area contributed by atoms with Gasteiger partial charge in [-0.15, -0.1) is 0 Å². The van der Waals surface area contributed by atoms with Crippen LogP contribution in [-0.2, 0) is 0 Å². The quantitative estimate of drug-likeness (QED) is 0.129. The Kier molecular flexibility index (Phi) is 7.57. The molecule has 0 N–H and O–H groups in total. The third-order valence-electron chi connectivity index (χ3n) is 12.0. The monoisotopic (exact) mass is 749 g/mol. The maximum Gasteiger partial charge on any atom is 0.227 e. The summed E-state index contributed by atoms with van der Waals surface area (Å²) in [7, 11) is 0. The van der Waals surface area contributed by atoms with Crippen molar-refractivity contribution in [3.63, 3.8) is 0 Å². The Balaban J connectivity index is 1.05. The van der Waals surface area contributed by atoms with Crippen LogP contribution in [0.2, 0.25) is 0 Å².